The third-order valence-corrected chi connectivity index (χ3v) is 2.67. The number of phenols is 1. The molecule has 0 fully saturated rings. The summed E-state index contributed by atoms with van der Waals surface area (Å²) in [7, 11) is 1.72. The fraction of sp³-hybridized carbons (Fsp3) is 0.462. The maximum Gasteiger partial charge on any atom is 0.230 e. The lowest BCUT2D eigenvalue weighted by molar-refractivity contribution is -0.121. The van der Waals surface area contributed by atoms with Crippen LogP contribution in [0.2, 0.25) is 0 Å². The summed E-state index contributed by atoms with van der Waals surface area (Å²) in [5, 5.41) is 12.5. The van der Waals surface area contributed by atoms with E-state index in [2.05, 4.69) is 5.32 Å². The van der Waals surface area contributed by atoms with Crippen molar-refractivity contribution in [1.82, 2.24) is 5.32 Å². The number of phenolic OH excluding ortho intramolecular Hbond substituents is 1. The summed E-state index contributed by atoms with van der Waals surface area (Å²) in [6, 6.07) is 6.70. The average molecular weight is 236 g/mol. The molecular weight excluding hydrogens is 216 g/mol. The summed E-state index contributed by atoms with van der Waals surface area (Å²) < 4.78 is 0. The van der Waals surface area contributed by atoms with Gasteiger partial charge < -0.3 is 15.3 Å². The van der Waals surface area contributed by atoms with Crippen LogP contribution >= 0.6 is 0 Å². The Kier molecular flexibility index (Phi) is 4.97. The van der Waals surface area contributed by atoms with Crippen molar-refractivity contribution in [1.29, 1.82) is 0 Å². The topological polar surface area (TPSA) is 52.6 Å². The van der Waals surface area contributed by atoms with Crippen LogP contribution in [-0.4, -0.2) is 31.2 Å². The predicted molar refractivity (Wildman–Crippen MR) is 69.2 cm³/mol. The molecule has 94 valence electrons. The Hall–Kier alpha value is -1.55. The van der Waals surface area contributed by atoms with Gasteiger partial charge in [-0.3, -0.25) is 4.79 Å². The maximum atomic E-state index is 12.1. The standard InChI is InChI=1S/C13H20N2O2/c1-4-14-9-10(2)13(17)15(3)11-6-5-7-12(16)8-11/h5-8,10,14,16H,4,9H2,1-3H3. The van der Waals surface area contributed by atoms with Crippen LogP contribution < -0.4 is 10.2 Å². The number of nitrogens with one attached hydrogen (secondary N) is 1. The molecule has 0 radical (unpaired) electrons. The summed E-state index contributed by atoms with van der Waals surface area (Å²) in [5.41, 5.74) is 0.707. The Labute approximate surface area is 102 Å². The molecule has 2 N–H and O–H groups in total. The second kappa shape index (κ2) is 6.25. The molecule has 0 heterocycles. The van der Waals surface area contributed by atoms with Crippen molar-refractivity contribution >= 4 is 11.6 Å². The first kappa shape index (κ1) is 13.5. The number of carbonyl (C=O) groups is 1. The Morgan fingerprint density at radius 2 is 2.24 bits per heavy atom. The SMILES string of the molecule is CCNCC(C)C(=O)N(C)c1cccc(O)c1. The number of benzene rings is 1. The fourth-order valence-corrected chi connectivity index (χ4v) is 1.61. The first-order valence-electron chi connectivity index (χ1n) is 5.83. The number of carbonyl (C=O) groups excluding carboxylic acids is 1. The number of aromatic hydroxyl groups is 1. The molecule has 4 nitrogen and oxygen atoms in total. The van der Waals surface area contributed by atoms with Crippen molar-refractivity contribution in [3.63, 3.8) is 0 Å². The van der Waals surface area contributed by atoms with Gasteiger partial charge in [-0.2, -0.15) is 0 Å². The van der Waals surface area contributed by atoms with Gasteiger partial charge in [0.2, 0.25) is 5.91 Å². The lowest BCUT2D eigenvalue weighted by Crippen LogP contribution is -2.36. The molecule has 1 unspecified atom stereocenters. The fourth-order valence-electron chi connectivity index (χ4n) is 1.61. The van der Waals surface area contributed by atoms with Gasteiger partial charge in [0.15, 0.2) is 0 Å². The van der Waals surface area contributed by atoms with Gasteiger partial charge in [-0.25, -0.2) is 0 Å². The van der Waals surface area contributed by atoms with Gasteiger partial charge in [-0.05, 0) is 18.7 Å². The van der Waals surface area contributed by atoms with Crippen LogP contribution in [0.5, 0.6) is 5.75 Å². The molecule has 1 aromatic rings. The average Bonchev–Trinajstić information content (AvgIpc) is 2.34. The zero-order chi connectivity index (χ0) is 12.8. The van der Waals surface area contributed by atoms with Crippen molar-refractivity contribution in [2.75, 3.05) is 25.0 Å². The van der Waals surface area contributed by atoms with E-state index < -0.39 is 0 Å². The largest absolute Gasteiger partial charge is 0.508 e. The number of hydrogen-bond donors (Lipinski definition) is 2. The number of hydrogen-bond acceptors (Lipinski definition) is 3. The summed E-state index contributed by atoms with van der Waals surface area (Å²) in [6.45, 7) is 5.42. The van der Waals surface area contributed by atoms with E-state index in [1.807, 2.05) is 13.8 Å². The number of nitrogens with zero attached hydrogens (tertiary/aromatic N) is 1. The highest BCUT2D eigenvalue weighted by Gasteiger charge is 2.18. The number of amides is 1. The minimum absolute atomic E-state index is 0.0385. The lowest BCUT2D eigenvalue weighted by Gasteiger charge is -2.21. The van der Waals surface area contributed by atoms with Crippen LogP contribution in [-0.2, 0) is 4.79 Å². The van der Waals surface area contributed by atoms with E-state index in [0.717, 1.165) is 6.54 Å². The van der Waals surface area contributed by atoms with Crippen molar-refractivity contribution in [3.8, 4) is 5.75 Å². The van der Waals surface area contributed by atoms with Gasteiger partial charge >= 0.3 is 0 Å². The molecule has 1 amide bonds. The highest BCUT2D eigenvalue weighted by atomic mass is 16.3. The summed E-state index contributed by atoms with van der Waals surface area (Å²) in [5.74, 6) is 0.125. The number of anilines is 1. The van der Waals surface area contributed by atoms with E-state index in [1.165, 1.54) is 0 Å². The zero-order valence-electron chi connectivity index (χ0n) is 10.6. The van der Waals surface area contributed by atoms with Crippen molar-refractivity contribution in [2.24, 2.45) is 5.92 Å². The van der Waals surface area contributed by atoms with Gasteiger partial charge in [-0.15, -0.1) is 0 Å². The minimum Gasteiger partial charge on any atom is -0.508 e. The molecule has 0 spiro atoms. The van der Waals surface area contributed by atoms with Crippen molar-refractivity contribution in [3.05, 3.63) is 24.3 Å². The van der Waals surface area contributed by atoms with E-state index in [4.69, 9.17) is 0 Å². The van der Waals surface area contributed by atoms with Gasteiger partial charge in [0.1, 0.15) is 5.75 Å². The molecule has 0 aliphatic rings. The molecule has 0 aliphatic heterocycles. The smallest absolute Gasteiger partial charge is 0.230 e. The Bertz CT molecular complexity index is 379. The van der Waals surface area contributed by atoms with Crippen LogP contribution in [0.4, 0.5) is 5.69 Å². The predicted octanol–water partition coefficient (Wildman–Crippen LogP) is 1.60. The van der Waals surface area contributed by atoms with Crippen LogP contribution in [0.25, 0.3) is 0 Å². The molecule has 1 rings (SSSR count). The van der Waals surface area contributed by atoms with Crippen LogP contribution in [0.1, 0.15) is 13.8 Å². The molecule has 4 heteroatoms. The highest BCUT2D eigenvalue weighted by Crippen LogP contribution is 2.20. The third-order valence-electron chi connectivity index (χ3n) is 2.67. The molecule has 0 saturated carbocycles. The molecular formula is C13H20N2O2. The molecule has 0 saturated heterocycles. The molecule has 17 heavy (non-hydrogen) atoms. The van der Waals surface area contributed by atoms with E-state index in [-0.39, 0.29) is 17.6 Å². The summed E-state index contributed by atoms with van der Waals surface area (Å²) in [4.78, 5) is 13.6. The second-order valence-corrected chi connectivity index (χ2v) is 4.13. The normalized spacial score (nSPS) is 12.2. The Morgan fingerprint density at radius 3 is 2.82 bits per heavy atom. The highest BCUT2D eigenvalue weighted by molar-refractivity contribution is 5.94. The summed E-state index contributed by atoms with van der Waals surface area (Å²) >= 11 is 0. The Balaban J connectivity index is 2.69. The van der Waals surface area contributed by atoms with E-state index in [0.29, 0.717) is 12.2 Å². The van der Waals surface area contributed by atoms with Crippen LogP contribution in [0, 0.1) is 5.92 Å². The second-order valence-electron chi connectivity index (χ2n) is 4.13. The zero-order valence-corrected chi connectivity index (χ0v) is 10.6. The van der Waals surface area contributed by atoms with Gasteiger partial charge in [-0.1, -0.05) is 19.9 Å². The molecule has 0 aromatic heterocycles. The van der Waals surface area contributed by atoms with Gasteiger partial charge in [0, 0.05) is 31.3 Å². The molecule has 1 aromatic carbocycles. The van der Waals surface area contributed by atoms with E-state index >= 15 is 0 Å². The maximum absolute atomic E-state index is 12.1. The third kappa shape index (κ3) is 3.75. The first-order valence-corrected chi connectivity index (χ1v) is 5.83. The number of rotatable bonds is 5. The monoisotopic (exact) mass is 236 g/mol. The molecule has 1 atom stereocenters. The summed E-state index contributed by atoms with van der Waals surface area (Å²) in [6.07, 6.45) is 0. The first-order chi connectivity index (χ1) is 8.06. The van der Waals surface area contributed by atoms with E-state index in [1.54, 1.807) is 36.2 Å². The minimum atomic E-state index is -0.0812. The molecule has 0 bridgehead atoms. The van der Waals surface area contributed by atoms with Gasteiger partial charge in [0.25, 0.3) is 0 Å². The van der Waals surface area contributed by atoms with Crippen molar-refractivity contribution in [2.45, 2.75) is 13.8 Å². The lowest BCUT2D eigenvalue weighted by atomic mass is 10.1. The quantitative estimate of drug-likeness (QED) is 0.816. The Morgan fingerprint density at radius 1 is 1.53 bits per heavy atom. The van der Waals surface area contributed by atoms with Crippen LogP contribution in [0.3, 0.4) is 0 Å². The van der Waals surface area contributed by atoms with Crippen LogP contribution in [0.15, 0.2) is 24.3 Å². The van der Waals surface area contributed by atoms with Gasteiger partial charge in [0.05, 0.1) is 0 Å². The van der Waals surface area contributed by atoms with E-state index in [9.17, 15) is 9.90 Å². The molecule has 0 aliphatic carbocycles. The van der Waals surface area contributed by atoms with Crippen molar-refractivity contribution < 1.29 is 9.90 Å².